The first-order valence-corrected chi connectivity index (χ1v) is 11.2. The second-order valence-corrected chi connectivity index (χ2v) is 8.61. The number of nitrogens with zero attached hydrogens (tertiary/aromatic N) is 4. The first kappa shape index (κ1) is 22.4. The Kier molecular flexibility index (Phi) is 6.83. The molecule has 9 nitrogen and oxygen atoms in total. The lowest BCUT2D eigenvalue weighted by Crippen LogP contribution is -2.19. The van der Waals surface area contributed by atoms with Gasteiger partial charge in [0.15, 0.2) is 0 Å². The number of rotatable bonds is 7. The molecule has 1 saturated heterocycles. The van der Waals surface area contributed by atoms with Gasteiger partial charge in [-0.15, -0.1) is 5.10 Å². The number of carbonyl (C=O) groups is 1. The molecule has 1 aliphatic heterocycles. The lowest BCUT2D eigenvalue weighted by Gasteiger charge is -2.14. The molecule has 3 aromatic rings. The summed E-state index contributed by atoms with van der Waals surface area (Å²) >= 11 is 7.53. The number of hydrogen-bond donors (Lipinski definition) is 1. The Hall–Kier alpha value is -2.82. The summed E-state index contributed by atoms with van der Waals surface area (Å²) in [4.78, 5) is 21.5. The van der Waals surface area contributed by atoms with Crippen LogP contribution in [0.25, 0.3) is 11.1 Å². The molecule has 4 rings (SSSR count). The van der Waals surface area contributed by atoms with Gasteiger partial charge in [-0.25, -0.2) is 4.98 Å². The monoisotopic (exact) mass is 475 g/mol. The van der Waals surface area contributed by atoms with Crippen LogP contribution in [0.2, 0.25) is 5.15 Å². The fraction of sp³-hybridized carbons (Fsp3) is 0.381. The third-order valence-electron chi connectivity index (χ3n) is 5.21. The zero-order valence-corrected chi connectivity index (χ0v) is 19.4. The van der Waals surface area contributed by atoms with Gasteiger partial charge >= 0.3 is 0 Å². The minimum atomic E-state index is -0.461. The predicted molar refractivity (Wildman–Crippen MR) is 121 cm³/mol. The van der Waals surface area contributed by atoms with E-state index in [-0.39, 0.29) is 16.8 Å². The SMILES string of the molecule is COc1cnccc1-c1cc(C)nc(Cl)c1C(=O)Nc1nnc(OC[C@H]2CCO[C@H]2C)s1. The van der Waals surface area contributed by atoms with Crippen molar-refractivity contribution in [2.45, 2.75) is 26.4 Å². The Morgan fingerprint density at radius 3 is 2.97 bits per heavy atom. The van der Waals surface area contributed by atoms with Gasteiger partial charge in [0.1, 0.15) is 10.9 Å². The number of carbonyl (C=O) groups excluding carboxylic acids is 1. The summed E-state index contributed by atoms with van der Waals surface area (Å²) in [7, 11) is 1.54. The maximum Gasteiger partial charge on any atom is 0.295 e. The second-order valence-electron chi connectivity index (χ2n) is 7.32. The molecule has 0 aliphatic carbocycles. The lowest BCUT2D eigenvalue weighted by molar-refractivity contribution is 0.0903. The molecule has 0 spiro atoms. The lowest BCUT2D eigenvalue weighted by atomic mass is 10.0. The number of aryl methyl sites for hydroxylation is 1. The first-order chi connectivity index (χ1) is 15.5. The van der Waals surface area contributed by atoms with E-state index in [1.807, 2.05) is 6.92 Å². The molecule has 32 heavy (non-hydrogen) atoms. The minimum Gasteiger partial charge on any atom is -0.494 e. The normalized spacial score (nSPS) is 17.9. The number of halogens is 1. The van der Waals surface area contributed by atoms with Crippen molar-refractivity contribution >= 4 is 34.0 Å². The van der Waals surface area contributed by atoms with Crippen LogP contribution in [0.15, 0.2) is 24.5 Å². The highest BCUT2D eigenvalue weighted by Crippen LogP contribution is 2.35. The van der Waals surface area contributed by atoms with Crippen molar-refractivity contribution in [2.24, 2.45) is 5.92 Å². The fourth-order valence-electron chi connectivity index (χ4n) is 3.48. The van der Waals surface area contributed by atoms with Crippen LogP contribution in [0.5, 0.6) is 10.9 Å². The summed E-state index contributed by atoms with van der Waals surface area (Å²) in [6.07, 6.45) is 4.30. The number of aromatic nitrogens is 4. The van der Waals surface area contributed by atoms with E-state index in [0.29, 0.717) is 45.4 Å². The zero-order chi connectivity index (χ0) is 22.7. The van der Waals surface area contributed by atoms with Crippen molar-refractivity contribution in [3.63, 3.8) is 0 Å². The number of methoxy groups -OCH3 is 1. The molecule has 0 bridgehead atoms. The van der Waals surface area contributed by atoms with Crippen LogP contribution < -0.4 is 14.8 Å². The molecule has 11 heteroatoms. The van der Waals surface area contributed by atoms with Crippen LogP contribution in [0.4, 0.5) is 5.13 Å². The van der Waals surface area contributed by atoms with Crippen molar-refractivity contribution in [2.75, 3.05) is 25.6 Å². The summed E-state index contributed by atoms with van der Waals surface area (Å²) in [6.45, 7) is 5.06. The van der Waals surface area contributed by atoms with Gasteiger partial charge in [0.05, 0.1) is 31.6 Å². The van der Waals surface area contributed by atoms with E-state index in [1.54, 1.807) is 31.5 Å². The van der Waals surface area contributed by atoms with Gasteiger partial charge in [0, 0.05) is 35.5 Å². The molecule has 3 aromatic heterocycles. The molecule has 4 heterocycles. The van der Waals surface area contributed by atoms with Gasteiger partial charge in [-0.1, -0.05) is 16.7 Å². The van der Waals surface area contributed by atoms with Crippen LogP contribution in [0.3, 0.4) is 0 Å². The Balaban J connectivity index is 1.55. The molecule has 0 radical (unpaired) electrons. The molecule has 1 N–H and O–H groups in total. The third-order valence-corrected chi connectivity index (χ3v) is 6.23. The van der Waals surface area contributed by atoms with Crippen molar-refractivity contribution in [1.29, 1.82) is 0 Å². The summed E-state index contributed by atoms with van der Waals surface area (Å²) in [5, 5.41) is 11.5. The summed E-state index contributed by atoms with van der Waals surface area (Å²) in [5.41, 5.74) is 2.12. The average Bonchev–Trinajstić information content (AvgIpc) is 3.39. The highest BCUT2D eigenvalue weighted by molar-refractivity contribution is 7.17. The zero-order valence-electron chi connectivity index (χ0n) is 17.8. The van der Waals surface area contributed by atoms with Gasteiger partial charge in [-0.2, -0.15) is 0 Å². The van der Waals surface area contributed by atoms with E-state index < -0.39 is 5.91 Å². The number of nitrogens with one attached hydrogen (secondary N) is 1. The van der Waals surface area contributed by atoms with Gasteiger partial charge in [0.25, 0.3) is 11.1 Å². The second kappa shape index (κ2) is 9.76. The number of anilines is 1. The maximum absolute atomic E-state index is 13.1. The van der Waals surface area contributed by atoms with Crippen molar-refractivity contribution < 1.29 is 19.0 Å². The molecular weight excluding hydrogens is 454 g/mol. The Bertz CT molecular complexity index is 1130. The van der Waals surface area contributed by atoms with Gasteiger partial charge in [-0.3, -0.25) is 15.1 Å². The molecule has 0 saturated carbocycles. The summed E-state index contributed by atoms with van der Waals surface area (Å²) in [6, 6.07) is 3.53. The number of ether oxygens (including phenoxy) is 3. The van der Waals surface area contributed by atoms with Crippen molar-refractivity contribution in [1.82, 2.24) is 20.2 Å². The summed E-state index contributed by atoms with van der Waals surface area (Å²) in [5.74, 6) is 0.365. The smallest absolute Gasteiger partial charge is 0.295 e. The van der Waals surface area contributed by atoms with Crippen LogP contribution in [-0.2, 0) is 4.74 Å². The number of pyridine rings is 2. The minimum absolute atomic E-state index is 0.0765. The van der Waals surface area contributed by atoms with Crippen LogP contribution in [0, 0.1) is 12.8 Å². The number of amides is 1. The third kappa shape index (κ3) is 4.82. The number of hydrogen-bond acceptors (Lipinski definition) is 9. The van der Waals surface area contributed by atoms with E-state index in [2.05, 4.69) is 25.5 Å². The van der Waals surface area contributed by atoms with E-state index in [0.717, 1.165) is 24.4 Å². The highest BCUT2D eigenvalue weighted by atomic mass is 35.5. The standard InChI is InChI=1S/C21H22ClN5O4S/c1-11-8-15(14-4-6-23-9-16(14)29-3)17(18(22)24-11)19(28)25-20-26-27-21(32-20)31-10-13-5-7-30-12(13)2/h4,6,8-9,12-13H,5,7,10H2,1-3H3,(H,25,26,28)/t12-,13+/m0/s1. The molecule has 168 valence electrons. The molecule has 0 aromatic carbocycles. The maximum atomic E-state index is 13.1. The van der Waals surface area contributed by atoms with Gasteiger partial charge in [0.2, 0.25) is 5.13 Å². The van der Waals surface area contributed by atoms with Crippen LogP contribution >= 0.6 is 22.9 Å². The summed E-state index contributed by atoms with van der Waals surface area (Å²) < 4.78 is 16.7. The molecule has 1 amide bonds. The van der Waals surface area contributed by atoms with Crippen molar-refractivity contribution in [3.8, 4) is 22.1 Å². The predicted octanol–water partition coefficient (Wildman–Crippen LogP) is 4.02. The van der Waals surface area contributed by atoms with E-state index in [1.165, 1.54) is 7.11 Å². The quantitative estimate of drug-likeness (QED) is 0.510. The van der Waals surface area contributed by atoms with Crippen molar-refractivity contribution in [3.05, 3.63) is 40.9 Å². The topological polar surface area (TPSA) is 108 Å². The van der Waals surface area contributed by atoms with E-state index in [9.17, 15) is 4.79 Å². The van der Waals surface area contributed by atoms with E-state index >= 15 is 0 Å². The van der Waals surface area contributed by atoms with E-state index in [4.69, 9.17) is 25.8 Å². The molecule has 0 unspecified atom stereocenters. The molecule has 1 fully saturated rings. The van der Waals surface area contributed by atoms with Gasteiger partial charge in [-0.05, 0) is 43.7 Å². The molecule has 1 aliphatic rings. The molecule has 2 atom stereocenters. The largest absolute Gasteiger partial charge is 0.494 e. The van der Waals surface area contributed by atoms with Crippen LogP contribution in [0.1, 0.15) is 29.4 Å². The highest BCUT2D eigenvalue weighted by Gasteiger charge is 2.26. The Morgan fingerprint density at radius 2 is 2.22 bits per heavy atom. The first-order valence-electron chi connectivity index (χ1n) is 10.0. The van der Waals surface area contributed by atoms with Crippen LogP contribution in [-0.4, -0.2) is 52.5 Å². The Morgan fingerprint density at radius 1 is 1.38 bits per heavy atom. The molecular formula is C21H22ClN5O4S. The fourth-order valence-corrected chi connectivity index (χ4v) is 4.40. The van der Waals surface area contributed by atoms with Gasteiger partial charge < -0.3 is 14.2 Å². The average molecular weight is 476 g/mol. The Labute approximate surface area is 194 Å².